The first-order chi connectivity index (χ1) is 12.2. The Balaban J connectivity index is 2.52. The SMILES string of the molecule is CCCOc1cccc(C2C(C(=O)C(C)(C)C)=C(O)C(=O)N2CCC)c1. The molecule has 0 bridgehead atoms. The Morgan fingerprint density at radius 2 is 1.92 bits per heavy atom. The van der Waals surface area contributed by atoms with E-state index >= 15 is 0 Å². The van der Waals surface area contributed by atoms with Gasteiger partial charge in [0, 0.05) is 12.0 Å². The maximum atomic E-state index is 13.0. The zero-order valence-corrected chi connectivity index (χ0v) is 16.3. The van der Waals surface area contributed by atoms with Crippen LogP contribution in [0.1, 0.15) is 59.1 Å². The Morgan fingerprint density at radius 1 is 1.23 bits per heavy atom. The van der Waals surface area contributed by atoms with Crippen molar-refractivity contribution in [1.82, 2.24) is 4.90 Å². The number of amides is 1. The molecule has 2 rings (SSSR count). The van der Waals surface area contributed by atoms with E-state index < -0.39 is 23.1 Å². The lowest BCUT2D eigenvalue weighted by atomic mass is 9.82. The standard InChI is InChI=1S/C21H29NO4/c1-6-11-22-17(14-9-8-10-15(13-14)26-12-7-2)16(18(23)20(22)25)19(24)21(3,4)5/h8-10,13,17,23H,6-7,11-12H2,1-5H3. The third-order valence-corrected chi connectivity index (χ3v) is 4.34. The number of ketones is 1. The van der Waals surface area contributed by atoms with Crippen LogP contribution in [-0.2, 0) is 9.59 Å². The first kappa shape index (κ1) is 20.0. The molecule has 1 heterocycles. The molecule has 1 aromatic carbocycles. The predicted octanol–water partition coefficient (Wildman–Crippen LogP) is 4.20. The van der Waals surface area contributed by atoms with Crippen molar-refractivity contribution in [2.45, 2.75) is 53.5 Å². The van der Waals surface area contributed by atoms with E-state index in [1.165, 1.54) is 0 Å². The molecule has 0 aliphatic carbocycles. The number of nitrogens with zero attached hydrogens (tertiary/aromatic N) is 1. The van der Waals surface area contributed by atoms with Gasteiger partial charge in [0.1, 0.15) is 5.75 Å². The largest absolute Gasteiger partial charge is 0.503 e. The number of rotatable bonds is 7. The second-order valence-corrected chi connectivity index (χ2v) is 7.66. The number of carbonyl (C=O) groups is 2. The van der Waals surface area contributed by atoms with Gasteiger partial charge in [0.05, 0.1) is 18.2 Å². The number of carbonyl (C=O) groups excluding carboxylic acids is 2. The number of hydrogen-bond donors (Lipinski definition) is 1. The Labute approximate surface area is 155 Å². The average molecular weight is 359 g/mol. The van der Waals surface area contributed by atoms with Crippen LogP contribution in [0.5, 0.6) is 5.75 Å². The van der Waals surface area contributed by atoms with Crippen LogP contribution in [0, 0.1) is 5.41 Å². The monoisotopic (exact) mass is 359 g/mol. The van der Waals surface area contributed by atoms with E-state index in [1.54, 1.807) is 25.7 Å². The van der Waals surface area contributed by atoms with Gasteiger partial charge in [-0.3, -0.25) is 9.59 Å². The van der Waals surface area contributed by atoms with E-state index in [9.17, 15) is 14.7 Å². The maximum Gasteiger partial charge on any atom is 0.290 e. The quantitative estimate of drug-likeness (QED) is 0.792. The fraction of sp³-hybridized carbons (Fsp3) is 0.524. The third kappa shape index (κ3) is 3.92. The van der Waals surface area contributed by atoms with Gasteiger partial charge in [-0.15, -0.1) is 0 Å². The van der Waals surface area contributed by atoms with E-state index in [1.807, 2.05) is 38.1 Å². The molecule has 1 aliphatic heterocycles. The van der Waals surface area contributed by atoms with Crippen LogP contribution in [0.25, 0.3) is 0 Å². The molecule has 0 radical (unpaired) electrons. The van der Waals surface area contributed by atoms with Crippen molar-refractivity contribution in [3.63, 3.8) is 0 Å². The van der Waals surface area contributed by atoms with Crippen molar-refractivity contribution in [1.29, 1.82) is 0 Å². The van der Waals surface area contributed by atoms with Crippen LogP contribution in [0.4, 0.5) is 0 Å². The summed E-state index contributed by atoms with van der Waals surface area (Å²) in [4.78, 5) is 27.2. The lowest BCUT2D eigenvalue weighted by Crippen LogP contribution is -2.33. The molecule has 26 heavy (non-hydrogen) atoms. The van der Waals surface area contributed by atoms with Gasteiger partial charge in [-0.05, 0) is 30.5 Å². The molecular formula is C21H29NO4. The minimum atomic E-state index is -0.694. The van der Waals surface area contributed by atoms with Gasteiger partial charge in [-0.25, -0.2) is 0 Å². The molecule has 1 aromatic rings. The number of aliphatic hydroxyl groups excluding tert-OH is 1. The highest BCUT2D eigenvalue weighted by atomic mass is 16.5. The highest BCUT2D eigenvalue weighted by Crippen LogP contribution is 2.41. The molecule has 5 heteroatoms. The molecule has 1 unspecified atom stereocenters. The molecule has 1 N–H and O–H groups in total. The normalized spacial score (nSPS) is 17.8. The minimum absolute atomic E-state index is 0.184. The Hall–Kier alpha value is -2.30. The third-order valence-electron chi connectivity index (χ3n) is 4.34. The average Bonchev–Trinajstić information content (AvgIpc) is 2.84. The summed E-state index contributed by atoms with van der Waals surface area (Å²) in [6, 6.07) is 6.84. The molecule has 0 spiro atoms. The Morgan fingerprint density at radius 3 is 2.50 bits per heavy atom. The molecule has 1 aliphatic rings. The van der Waals surface area contributed by atoms with Crippen molar-refractivity contribution in [2.75, 3.05) is 13.2 Å². The summed E-state index contributed by atoms with van der Waals surface area (Å²) >= 11 is 0. The first-order valence-corrected chi connectivity index (χ1v) is 9.24. The minimum Gasteiger partial charge on any atom is -0.503 e. The Kier molecular flexibility index (Phi) is 6.11. The van der Waals surface area contributed by atoms with Crippen molar-refractivity contribution >= 4 is 11.7 Å². The number of hydrogen-bond acceptors (Lipinski definition) is 4. The maximum absolute atomic E-state index is 13.0. The van der Waals surface area contributed by atoms with Crippen LogP contribution in [-0.4, -0.2) is 34.8 Å². The lowest BCUT2D eigenvalue weighted by molar-refractivity contribution is -0.129. The lowest BCUT2D eigenvalue weighted by Gasteiger charge is -2.28. The van der Waals surface area contributed by atoms with Gasteiger partial charge >= 0.3 is 0 Å². The van der Waals surface area contributed by atoms with Crippen LogP contribution < -0.4 is 4.74 Å². The molecule has 142 valence electrons. The van der Waals surface area contributed by atoms with Crippen molar-refractivity contribution in [3.8, 4) is 5.75 Å². The number of benzene rings is 1. The van der Waals surface area contributed by atoms with Gasteiger partial charge in [0.2, 0.25) is 0 Å². The van der Waals surface area contributed by atoms with E-state index in [0.29, 0.717) is 18.9 Å². The number of aliphatic hydroxyl groups is 1. The van der Waals surface area contributed by atoms with Crippen LogP contribution in [0.15, 0.2) is 35.6 Å². The summed E-state index contributed by atoms with van der Waals surface area (Å²) < 4.78 is 5.70. The summed E-state index contributed by atoms with van der Waals surface area (Å²) in [7, 11) is 0. The zero-order chi connectivity index (χ0) is 19.5. The first-order valence-electron chi connectivity index (χ1n) is 9.24. The van der Waals surface area contributed by atoms with E-state index in [4.69, 9.17) is 4.74 Å². The number of Topliss-reactive ketones (excluding diaryl/α,β-unsaturated/α-hetero) is 1. The van der Waals surface area contributed by atoms with Crippen molar-refractivity contribution < 1.29 is 19.4 Å². The highest BCUT2D eigenvalue weighted by molar-refractivity contribution is 6.10. The summed E-state index contributed by atoms with van der Waals surface area (Å²) in [6.45, 7) is 10.4. The topological polar surface area (TPSA) is 66.8 Å². The molecule has 1 amide bonds. The zero-order valence-electron chi connectivity index (χ0n) is 16.3. The van der Waals surface area contributed by atoms with Gasteiger partial charge in [-0.2, -0.15) is 0 Å². The van der Waals surface area contributed by atoms with Crippen LogP contribution >= 0.6 is 0 Å². The Bertz CT molecular complexity index is 715. The van der Waals surface area contributed by atoms with Gasteiger partial charge in [0.25, 0.3) is 5.91 Å². The van der Waals surface area contributed by atoms with Gasteiger partial charge in [0.15, 0.2) is 11.5 Å². The summed E-state index contributed by atoms with van der Waals surface area (Å²) in [5.41, 5.74) is 0.265. The van der Waals surface area contributed by atoms with Gasteiger partial charge in [-0.1, -0.05) is 46.8 Å². The van der Waals surface area contributed by atoms with Gasteiger partial charge < -0.3 is 14.7 Å². The van der Waals surface area contributed by atoms with E-state index in [-0.39, 0.29) is 11.4 Å². The molecule has 0 fully saturated rings. The van der Waals surface area contributed by atoms with Crippen molar-refractivity contribution in [3.05, 3.63) is 41.2 Å². The fourth-order valence-electron chi connectivity index (χ4n) is 3.10. The second kappa shape index (κ2) is 7.94. The van der Waals surface area contributed by atoms with Crippen LogP contribution in [0.2, 0.25) is 0 Å². The fourth-order valence-corrected chi connectivity index (χ4v) is 3.10. The highest BCUT2D eigenvalue weighted by Gasteiger charge is 2.45. The summed E-state index contributed by atoms with van der Waals surface area (Å²) in [5, 5.41) is 10.5. The molecule has 5 nitrogen and oxygen atoms in total. The molecule has 0 aromatic heterocycles. The summed E-state index contributed by atoms with van der Waals surface area (Å²) in [6.07, 6.45) is 1.63. The predicted molar refractivity (Wildman–Crippen MR) is 101 cm³/mol. The number of ether oxygens (including phenoxy) is 1. The smallest absolute Gasteiger partial charge is 0.290 e. The molecule has 0 saturated carbocycles. The van der Waals surface area contributed by atoms with Crippen molar-refractivity contribution in [2.24, 2.45) is 5.41 Å². The summed E-state index contributed by atoms with van der Waals surface area (Å²) in [5.74, 6) is -0.429. The second-order valence-electron chi connectivity index (χ2n) is 7.66. The van der Waals surface area contributed by atoms with E-state index in [2.05, 4.69) is 0 Å². The molecule has 1 atom stereocenters. The molecular weight excluding hydrogens is 330 g/mol. The van der Waals surface area contributed by atoms with Crippen LogP contribution in [0.3, 0.4) is 0 Å². The van der Waals surface area contributed by atoms with E-state index in [0.717, 1.165) is 18.4 Å². The molecule has 0 saturated heterocycles.